The van der Waals surface area contributed by atoms with Crippen molar-refractivity contribution in [3.05, 3.63) is 223 Å². The van der Waals surface area contributed by atoms with Gasteiger partial charge in [-0.15, -0.1) is 0 Å². The molecule has 0 saturated carbocycles. The highest BCUT2D eigenvalue weighted by atomic mass is 15.2. The first-order valence-electron chi connectivity index (χ1n) is 21.2. The zero-order valence-electron chi connectivity index (χ0n) is 33.7. The summed E-state index contributed by atoms with van der Waals surface area (Å²) in [4.78, 5) is 20.0. The maximum atomic E-state index is 5.08. The fourth-order valence-corrected chi connectivity index (χ4v) is 9.93. The third kappa shape index (κ3) is 5.96. The van der Waals surface area contributed by atoms with Crippen molar-refractivity contribution in [2.24, 2.45) is 5.92 Å². The minimum atomic E-state index is 0.250. The normalized spacial score (nSPS) is 19.4. The molecule has 5 nitrogen and oxygen atoms in total. The van der Waals surface area contributed by atoms with Crippen LogP contribution in [0.2, 0.25) is 0 Å². The van der Waals surface area contributed by atoms with Gasteiger partial charge in [-0.3, -0.25) is 0 Å². The average molecular weight is 784 g/mol. The lowest BCUT2D eigenvalue weighted by Gasteiger charge is -2.28. The average Bonchev–Trinajstić information content (AvgIpc) is 3.85. The second-order valence-corrected chi connectivity index (χ2v) is 16.5. The van der Waals surface area contributed by atoms with Gasteiger partial charge in [0.25, 0.3) is 0 Å². The number of hydrogen-bond donors (Lipinski definition) is 0. The molecule has 0 bridgehead atoms. The summed E-state index contributed by atoms with van der Waals surface area (Å²) in [5.41, 5.74) is 14.2. The lowest BCUT2D eigenvalue weighted by molar-refractivity contribution is 0.618. The van der Waals surface area contributed by atoms with Gasteiger partial charge in [-0.05, 0) is 112 Å². The van der Waals surface area contributed by atoms with Gasteiger partial charge in [0.1, 0.15) is 0 Å². The predicted molar refractivity (Wildman–Crippen MR) is 250 cm³/mol. The maximum absolute atomic E-state index is 5.08. The van der Waals surface area contributed by atoms with Crippen molar-refractivity contribution < 1.29 is 0 Å². The Kier molecular flexibility index (Phi) is 8.27. The van der Waals surface area contributed by atoms with E-state index in [9.17, 15) is 0 Å². The summed E-state index contributed by atoms with van der Waals surface area (Å²) < 4.78 is 0. The fourth-order valence-electron chi connectivity index (χ4n) is 9.93. The number of hydrogen-bond acceptors (Lipinski definition) is 5. The minimum Gasteiger partial charge on any atom is -0.333 e. The van der Waals surface area contributed by atoms with E-state index in [0.29, 0.717) is 29.3 Å². The second-order valence-electron chi connectivity index (χ2n) is 16.5. The van der Waals surface area contributed by atoms with Crippen LogP contribution < -0.4 is 9.80 Å². The van der Waals surface area contributed by atoms with Crippen LogP contribution in [0.3, 0.4) is 0 Å². The standard InChI is InChI=1S/C56H41N5/c1-36-13-12-22-52-53(36)48-35-42(41-27-31-50-47(34-41)46-20-10-11-21-49(46)60(50)44-18-6-3-7-19-44)28-32-51(48)61(52)45-29-25-39(26-30-45)55-57-54(38-15-4-2-5-16-38)58-56(59-55)43-24-23-37-14-8-9-17-40(37)33-43/h2-36,46,49,53H,1H3. The largest absolute Gasteiger partial charge is 0.333 e. The Labute approximate surface area is 356 Å². The lowest BCUT2D eigenvalue weighted by Crippen LogP contribution is -2.28. The maximum Gasteiger partial charge on any atom is 0.164 e. The molecule has 0 N–H and O–H groups in total. The molecule has 0 spiro atoms. The first kappa shape index (κ1) is 35.3. The van der Waals surface area contributed by atoms with E-state index in [4.69, 9.17) is 15.0 Å². The molecule has 12 rings (SSSR count). The first-order valence-corrected chi connectivity index (χ1v) is 21.2. The van der Waals surface area contributed by atoms with Crippen molar-refractivity contribution in [3.63, 3.8) is 0 Å². The third-order valence-electron chi connectivity index (χ3n) is 12.9. The summed E-state index contributed by atoms with van der Waals surface area (Å²) in [7, 11) is 0. The number of allylic oxidation sites excluding steroid dienone is 6. The van der Waals surface area contributed by atoms with E-state index in [2.05, 4.69) is 205 Å². The molecule has 4 unspecified atom stereocenters. The van der Waals surface area contributed by atoms with Crippen LogP contribution in [0, 0.1) is 5.92 Å². The Morgan fingerprint density at radius 2 is 1.05 bits per heavy atom. The molecule has 0 amide bonds. The van der Waals surface area contributed by atoms with Crippen LogP contribution in [-0.4, -0.2) is 21.0 Å². The Balaban J connectivity index is 0.906. The monoisotopic (exact) mass is 783 g/mol. The van der Waals surface area contributed by atoms with E-state index in [1.54, 1.807) is 0 Å². The van der Waals surface area contributed by atoms with E-state index in [1.165, 1.54) is 50.4 Å². The van der Waals surface area contributed by atoms with E-state index < -0.39 is 0 Å². The molecule has 290 valence electrons. The van der Waals surface area contributed by atoms with Crippen LogP contribution in [0.25, 0.3) is 56.1 Å². The Morgan fingerprint density at radius 3 is 1.82 bits per heavy atom. The van der Waals surface area contributed by atoms with Gasteiger partial charge in [0.2, 0.25) is 0 Å². The molecule has 61 heavy (non-hydrogen) atoms. The van der Waals surface area contributed by atoms with E-state index >= 15 is 0 Å². The quantitative estimate of drug-likeness (QED) is 0.168. The van der Waals surface area contributed by atoms with Gasteiger partial charge in [0.05, 0.1) is 6.04 Å². The summed E-state index contributed by atoms with van der Waals surface area (Å²) in [6.45, 7) is 2.34. The number of rotatable bonds is 6. The van der Waals surface area contributed by atoms with Crippen molar-refractivity contribution in [2.75, 3.05) is 9.80 Å². The van der Waals surface area contributed by atoms with Gasteiger partial charge in [0, 0.05) is 57.0 Å². The molecule has 7 aromatic carbocycles. The Morgan fingerprint density at radius 1 is 0.443 bits per heavy atom. The molecule has 2 aliphatic carbocycles. The van der Waals surface area contributed by atoms with Crippen molar-refractivity contribution in [2.45, 2.75) is 24.8 Å². The van der Waals surface area contributed by atoms with Crippen LogP contribution in [0.5, 0.6) is 0 Å². The summed E-state index contributed by atoms with van der Waals surface area (Å²) in [6.07, 6.45) is 15.9. The molecule has 4 atom stereocenters. The molecule has 1 aromatic heterocycles. The van der Waals surface area contributed by atoms with Gasteiger partial charge >= 0.3 is 0 Å². The summed E-state index contributed by atoms with van der Waals surface area (Å²) in [5.74, 6) is 2.87. The van der Waals surface area contributed by atoms with Crippen LogP contribution in [-0.2, 0) is 0 Å². The number of anilines is 4. The highest BCUT2D eigenvalue weighted by molar-refractivity contribution is 5.87. The molecule has 0 radical (unpaired) electrons. The number of para-hydroxylation sites is 1. The van der Waals surface area contributed by atoms with Crippen molar-refractivity contribution in [1.29, 1.82) is 0 Å². The molecular weight excluding hydrogens is 743 g/mol. The Hall–Kier alpha value is -7.63. The highest BCUT2D eigenvalue weighted by Crippen LogP contribution is 2.54. The van der Waals surface area contributed by atoms with Crippen LogP contribution in [0.4, 0.5) is 22.7 Å². The summed E-state index contributed by atoms with van der Waals surface area (Å²) >= 11 is 0. The fraction of sp³-hybridized carbons (Fsp3) is 0.0893. The Bertz CT molecular complexity index is 3130. The number of fused-ring (bicyclic) bond motifs is 7. The molecule has 2 aliphatic heterocycles. The van der Waals surface area contributed by atoms with Crippen molar-refractivity contribution in [3.8, 4) is 45.3 Å². The number of benzene rings is 7. The molecular formula is C56H41N5. The first-order chi connectivity index (χ1) is 30.1. The highest BCUT2D eigenvalue weighted by Gasteiger charge is 2.40. The van der Waals surface area contributed by atoms with Crippen LogP contribution in [0.15, 0.2) is 212 Å². The number of nitrogens with zero attached hydrogens (tertiary/aromatic N) is 5. The molecule has 4 aliphatic rings. The van der Waals surface area contributed by atoms with E-state index in [1.807, 2.05) is 18.2 Å². The number of aromatic nitrogens is 3. The second kappa shape index (κ2) is 14.3. The van der Waals surface area contributed by atoms with Crippen LogP contribution in [0.1, 0.15) is 29.9 Å². The molecule has 0 fully saturated rings. The third-order valence-corrected chi connectivity index (χ3v) is 12.9. The lowest BCUT2D eigenvalue weighted by atomic mass is 9.82. The SMILES string of the molecule is CC1C=CC=C2C1c1cc(-c3ccc4c(c3)C3C=CC=CC3N4c3ccccc3)ccc1N2c1ccc(-c2nc(-c3ccccc3)nc(-c3ccc4ccccc4c3)n2)cc1. The van der Waals surface area contributed by atoms with Gasteiger partial charge in [0.15, 0.2) is 17.5 Å². The van der Waals surface area contributed by atoms with Gasteiger partial charge in [-0.2, -0.15) is 0 Å². The minimum absolute atomic E-state index is 0.250. The van der Waals surface area contributed by atoms with E-state index in [-0.39, 0.29) is 12.0 Å². The van der Waals surface area contributed by atoms with E-state index in [0.717, 1.165) is 27.8 Å². The van der Waals surface area contributed by atoms with Crippen molar-refractivity contribution in [1.82, 2.24) is 15.0 Å². The zero-order valence-corrected chi connectivity index (χ0v) is 33.7. The smallest absolute Gasteiger partial charge is 0.164 e. The van der Waals surface area contributed by atoms with Crippen molar-refractivity contribution >= 4 is 33.5 Å². The predicted octanol–water partition coefficient (Wildman–Crippen LogP) is 13.7. The summed E-state index contributed by atoms with van der Waals surface area (Å²) in [5, 5.41) is 2.34. The summed E-state index contributed by atoms with van der Waals surface area (Å²) in [6, 6.07) is 58.9. The van der Waals surface area contributed by atoms with Gasteiger partial charge in [-0.25, -0.2) is 15.0 Å². The zero-order chi connectivity index (χ0) is 40.4. The van der Waals surface area contributed by atoms with Gasteiger partial charge in [-0.1, -0.05) is 140 Å². The topological polar surface area (TPSA) is 45.2 Å². The molecule has 3 heterocycles. The molecule has 8 aromatic rings. The molecule has 0 saturated heterocycles. The molecule has 5 heteroatoms. The van der Waals surface area contributed by atoms with Crippen LogP contribution >= 0.6 is 0 Å². The van der Waals surface area contributed by atoms with Gasteiger partial charge < -0.3 is 9.80 Å².